The maximum atomic E-state index is 13.8. The van der Waals surface area contributed by atoms with Crippen molar-refractivity contribution in [1.29, 1.82) is 0 Å². The van der Waals surface area contributed by atoms with Crippen LogP contribution in [0.3, 0.4) is 0 Å². The van der Waals surface area contributed by atoms with E-state index in [2.05, 4.69) is 4.90 Å². The van der Waals surface area contributed by atoms with E-state index in [-0.39, 0.29) is 23.3 Å². The van der Waals surface area contributed by atoms with Crippen molar-refractivity contribution >= 4 is 5.78 Å². The number of carbonyl (C=O) groups is 1. The van der Waals surface area contributed by atoms with Gasteiger partial charge in [-0.15, -0.1) is 0 Å². The predicted molar refractivity (Wildman–Crippen MR) is 98.3 cm³/mol. The number of likely N-dealkylation sites (tertiary alicyclic amines) is 1. The summed E-state index contributed by atoms with van der Waals surface area (Å²) < 4.78 is 23.9. The molecule has 1 aliphatic heterocycles. The molecule has 1 saturated heterocycles. The molecule has 2 aromatic carbocycles. The third kappa shape index (κ3) is 4.22. The van der Waals surface area contributed by atoms with E-state index in [1.54, 1.807) is 13.2 Å². The normalized spacial score (nSPS) is 15.7. The molecule has 0 saturated carbocycles. The molecule has 4 nitrogen and oxygen atoms in total. The smallest absolute Gasteiger partial charge is 0.166 e. The van der Waals surface area contributed by atoms with Crippen LogP contribution < -0.4 is 9.47 Å². The Bertz CT molecular complexity index is 752. The van der Waals surface area contributed by atoms with Crippen molar-refractivity contribution in [3.8, 4) is 11.5 Å². The summed E-state index contributed by atoms with van der Waals surface area (Å²) in [5, 5.41) is 0. The third-order valence-corrected chi connectivity index (χ3v) is 4.96. The second kappa shape index (κ2) is 8.32. The van der Waals surface area contributed by atoms with Crippen LogP contribution in [0.5, 0.6) is 11.5 Å². The maximum absolute atomic E-state index is 13.8. The van der Waals surface area contributed by atoms with Gasteiger partial charge in [0, 0.05) is 18.0 Å². The molecule has 0 N–H and O–H groups in total. The number of benzene rings is 2. The molecule has 0 spiro atoms. The van der Waals surface area contributed by atoms with E-state index in [0.717, 1.165) is 42.8 Å². The topological polar surface area (TPSA) is 38.8 Å². The van der Waals surface area contributed by atoms with Gasteiger partial charge in [0.1, 0.15) is 5.75 Å². The first-order valence-electron chi connectivity index (χ1n) is 8.83. The summed E-state index contributed by atoms with van der Waals surface area (Å²) in [6.45, 7) is 2.35. The molecule has 0 aliphatic carbocycles. The van der Waals surface area contributed by atoms with Gasteiger partial charge in [0.2, 0.25) is 0 Å². The van der Waals surface area contributed by atoms with Crippen molar-refractivity contribution in [2.75, 3.05) is 27.3 Å². The average Bonchev–Trinajstić information content (AvgIpc) is 2.68. The van der Waals surface area contributed by atoms with Crippen LogP contribution in [0, 0.1) is 11.7 Å². The first kappa shape index (κ1) is 18.4. The van der Waals surface area contributed by atoms with Gasteiger partial charge in [0.05, 0.1) is 14.2 Å². The van der Waals surface area contributed by atoms with E-state index >= 15 is 0 Å². The van der Waals surface area contributed by atoms with Crippen LogP contribution in [0.15, 0.2) is 42.5 Å². The first-order valence-corrected chi connectivity index (χ1v) is 8.83. The van der Waals surface area contributed by atoms with E-state index in [9.17, 15) is 9.18 Å². The number of ketones is 1. The lowest BCUT2D eigenvalue weighted by molar-refractivity contribution is 0.0835. The van der Waals surface area contributed by atoms with Crippen LogP contribution in [0.25, 0.3) is 0 Å². The van der Waals surface area contributed by atoms with E-state index in [4.69, 9.17) is 9.47 Å². The number of hydrogen-bond donors (Lipinski definition) is 0. The largest absolute Gasteiger partial charge is 0.497 e. The Morgan fingerprint density at radius 3 is 2.35 bits per heavy atom. The van der Waals surface area contributed by atoms with Gasteiger partial charge in [0.15, 0.2) is 17.3 Å². The Balaban J connectivity index is 1.55. The summed E-state index contributed by atoms with van der Waals surface area (Å²) in [7, 11) is 3.07. The van der Waals surface area contributed by atoms with Gasteiger partial charge >= 0.3 is 0 Å². The zero-order valence-corrected chi connectivity index (χ0v) is 15.2. The maximum Gasteiger partial charge on any atom is 0.166 e. The molecule has 138 valence electrons. The molecular formula is C21H24FNO3. The first-order chi connectivity index (χ1) is 12.6. The molecule has 0 amide bonds. The molecule has 0 radical (unpaired) electrons. The molecule has 0 aromatic heterocycles. The van der Waals surface area contributed by atoms with Gasteiger partial charge in [-0.05, 0) is 67.9 Å². The highest BCUT2D eigenvalue weighted by molar-refractivity contribution is 5.98. The summed E-state index contributed by atoms with van der Waals surface area (Å²) in [5.74, 6) is 0.922. The number of hydrogen-bond acceptors (Lipinski definition) is 4. The molecule has 5 heteroatoms. The minimum atomic E-state index is -0.338. The Hall–Kier alpha value is -2.40. The van der Waals surface area contributed by atoms with Crippen molar-refractivity contribution in [1.82, 2.24) is 4.90 Å². The van der Waals surface area contributed by atoms with Gasteiger partial charge in [-0.1, -0.05) is 6.07 Å². The number of Topliss-reactive ketones (excluding diaryl/α,β-unsaturated/α-hetero) is 1. The van der Waals surface area contributed by atoms with Crippen molar-refractivity contribution < 1.29 is 18.7 Å². The molecule has 3 rings (SSSR count). The Morgan fingerprint density at radius 2 is 1.77 bits per heavy atom. The summed E-state index contributed by atoms with van der Waals surface area (Å²) in [4.78, 5) is 14.9. The fourth-order valence-electron chi connectivity index (χ4n) is 3.41. The Morgan fingerprint density at radius 1 is 1.08 bits per heavy atom. The number of methoxy groups -OCH3 is 2. The minimum absolute atomic E-state index is 0.0484. The predicted octanol–water partition coefficient (Wildman–Crippen LogP) is 3.94. The van der Waals surface area contributed by atoms with Crippen LogP contribution in [0.4, 0.5) is 4.39 Å². The average molecular weight is 357 g/mol. The number of ether oxygens (including phenoxy) is 2. The van der Waals surface area contributed by atoms with Crippen LogP contribution in [-0.4, -0.2) is 38.0 Å². The van der Waals surface area contributed by atoms with E-state index in [0.29, 0.717) is 6.54 Å². The van der Waals surface area contributed by atoms with Crippen LogP contribution >= 0.6 is 0 Å². The molecule has 0 atom stereocenters. The summed E-state index contributed by atoms with van der Waals surface area (Å²) >= 11 is 0. The number of rotatable bonds is 6. The van der Waals surface area contributed by atoms with Crippen molar-refractivity contribution in [3.63, 3.8) is 0 Å². The van der Waals surface area contributed by atoms with Gasteiger partial charge in [-0.2, -0.15) is 0 Å². The SMILES string of the molecule is COc1ccc(C(=O)C2CCN(Cc3ccc(OC)c(F)c3)CC2)cc1. The second-order valence-corrected chi connectivity index (χ2v) is 6.61. The lowest BCUT2D eigenvalue weighted by atomic mass is 9.88. The number of halogens is 1. The summed E-state index contributed by atoms with van der Waals surface area (Å²) in [6.07, 6.45) is 1.65. The summed E-state index contributed by atoms with van der Waals surface area (Å²) in [5.41, 5.74) is 1.66. The van der Waals surface area contributed by atoms with E-state index in [1.807, 2.05) is 30.3 Å². The third-order valence-electron chi connectivity index (χ3n) is 4.96. The molecule has 26 heavy (non-hydrogen) atoms. The highest BCUT2D eigenvalue weighted by atomic mass is 19.1. The van der Waals surface area contributed by atoms with Crippen LogP contribution in [-0.2, 0) is 6.54 Å². The monoisotopic (exact) mass is 357 g/mol. The lowest BCUT2D eigenvalue weighted by Crippen LogP contribution is -2.36. The zero-order valence-electron chi connectivity index (χ0n) is 15.2. The Kier molecular flexibility index (Phi) is 5.89. The summed E-state index contributed by atoms with van der Waals surface area (Å²) in [6, 6.07) is 12.4. The molecule has 1 aliphatic rings. The Labute approximate surface area is 153 Å². The van der Waals surface area contributed by atoms with Crippen molar-refractivity contribution in [2.45, 2.75) is 19.4 Å². The van der Waals surface area contributed by atoms with Crippen molar-refractivity contribution in [2.24, 2.45) is 5.92 Å². The fourth-order valence-corrected chi connectivity index (χ4v) is 3.41. The highest BCUT2D eigenvalue weighted by Gasteiger charge is 2.26. The van der Waals surface area contributed by atoms with Crippen LogP contribution in [0.1, 0.15) is 28.8 Å². The van der Waals surface area contributed by atoms with Crippen LogP contribution in [0.2, 0.25) is 0 Å². The standard InChI is InChI=1S/C21H24FNO3/c1-25-18-6-4-16(5-7-18)21(24)17-9-11-23(12-10-17)14-15-3-8-20(26-2)19(22)13-15/h3-8,13,17H,9-12,14H2,1-2H3. The van der Waals surface area contributed by atoms with Crippen molar-refractivity contribution in [3.05, 3.63) is 59.4 Å². The van der Waals surface area contributed by atoms with E-state index in [1.165, 1.54) is 13.2 Å². The minimum Gasteiger partial charge on any atom is -0.497 e. The molecule has 0 unspecified atom stereocenters. The zero-order chi connectivity index (χ0) is 18.5. The lowest BCUT2D eigenvalue weighted by Gasteiger charge is -2.31. The fraction of sp³-hybridized carbons (Fsp3) is 0.381. The number of nitrogens with zero attached hydrogens (tertiary/aromatic N) is 1. The van der Waals surface area contributed by atoms with E-state index < -0.39 is 0 Å². The number of carbonyl (C=O) groups excluding carboxylic acids is 1. The van der Waals surface area contributed by atoms with Gasteiger partial charge < -0.3 is 9.47 Å². The quantitative estimate of drug-likeness (QED) is 0.734. The molecule has 1 fully saturated rings. The highest BCUT2D eigenvalue weighted by Crippen LogP contribution is 2.25. The molecule has 0 bridgehead atoms. The second-order valence-electron chi connectivity index (χ2n) is 6.61. The molecular weight excluding hydrogens is 333 g/mol. The van der Waals surface area contributed by atoms with Gasteiger partial charge in [-0.25, -0.2) is 4.39 Å². The van der Waals surface area contributed by atoms with Gasteiger partial charge in [-0.3, -0.25) is 9.69 Å². The van der Waals surface area contributed by atoms with Gasteiger partial charge in [0.25, 0.3) is 0 Å². The molecule has 2 aromatic rings. The number of piperidine rings is 1. The molecule has 1 heterocycles.